The lowest BCUT2D eigenvalue weighted by Gasteiger charge is -2.27. The fourth-order valence-electron chi connectivity index (χ4n) is 10.1. The molecule has 9 nitrogen and oxygen atoms in total. The van der Waals surface area contributed by atoms with Crippen LogP contribution in [0.3, 0.4) is 0 Å². The van der Waals surface area contributed by atoms with Gasteiger partial charge in [-0.3, -0.25) is 18.6 Å². The van der Waals surface area contributed by atoms with E-state index in [1.807, 2.05) is 33.3 Å². The maximum absolute atomic E-state index is 13.7. The number of likely N-dealkylation sites (N-methyl/N-ethyl adjacent to an activating group) is 1. The van der Waals surface area contributed by atoms with Crippen LogP contribution in [-0.4, -0.2) is 74.3 Å². The van der Waals surface area contributed by atoms with E-state index in [4.69, 9.17) is 13.8 Å². The van der Waals surface area contributed by atoms with Gasteiger partial charge in [0, 0.05) is 12.8 Å². The van der Waals surface area contributed by atoms with Crippen LogP contribution >= 0.6 is 7.82 Å². The molecule has 0 aliphatic rings. The molecular formula is C81H140N2O7P+. The van der Waals surface area contributed by atoms with Crippen molar-refractivity contribution in [1.82, 2.24) is 5.32 Å². The molecule has 0 radical (unpaired) electrons. The normalized spacial score (nSPS) is 14.3. The van der Waals surface area contributed by atoms with Crippen molar-refractivity contribution in [3.63, 3.8) is 0 Å². The molecule has 0 heterocycles. The zero-order valence-corrected chi connectivity index (χ0v) is 60.4. The van der Waals surface area contributed by atoms with Crippen molar-refractivity contribution in [2.24, 2.45) is 0 Å². The number of allylic oxidation sites excluding steroid dienone is 23. The number of amides is 1. The van der Waals surface area contributed by atoms with Crippen LogP contribution in [0.25, 0.3) is 0 Å². The van der Waals surface area contributed by atoms with E-state index in [-0.39, 0.29) is 31.5 Å². The molecule has 91 heavy (non-hydrogen) atoms. The number of carbonyl (C=O) groups is 2. The number of hydrogen-bond acceptors (Lipinski definition) is 6. The Balaban J connectivity index is 5.11. The number of carbonyl (C=O) groups excluding carboxylic acids is 2. The minimum Gasteiger partial charge on any atom is -0.456 e. The van der Waals surface area contributed by atoms with Crippen LogP contribution in [0.1, 0.15) is 303 Å². The second-order valence-corrected chi connectivity index (χ2v) is 27.2. The van der Waals surface area contributed by atoms with Gasteiger partial charge >= 0.3 is 13.8 Å². The molecule has 0 fully saturated rings. The predicted molar refractivity (Wildman–Crippen MR) is 396 cm³/mol. The number of ether oxygens (including phenoxy) is 1. The molecule has 0 aromatic heterocycles. The molecule has 0 spiro atoms. The van der Waals surface area contributed by atoms with Crippen LogP contribution in [-0.2, 0) is 27.9 Å². The molecule has 0 aliphatic heterocycles. The van der Waals surface area contributed by atoms with Crippen molar-refractivity contribution >= 4 is 19.7 Å². The Kier molecular flexibility index (Phi) is 65.6. The van der Waals surface area contributed by atoms with Gasteiger partial charge in [0.1, 0.15) is 19.3 Å². The van der Waals surface area contributed by atoms with Crippen LogP contribution < -0.4 is 5.32 Å². The van der Waals surface area contributed by atoms with Gasteiger partial charge < -0.3 is 19.4 Å². The van der Waals surface area contributed by atoms with E-state index >= 15 is 0 Å². The summed E-state index contributed by atoms with van der Waals surface area (Å²) >= 11 is 0. The van der Waals surface area contributed by atoms with Crippen LogP contribution in [0.2, 0.25) is 0 Å². The first-order chi connectivity index (χ1) is 44.4. The number of hydrogen-bond donors (Lipinski definition) is 2. The maximum atomic E-state index is 13.7. The lowest BCUT2D eigenvalue weighted by molar-refractivity contribution is -0.870. The third-order valence-corrected chi connectivity index (χ3v) is 16.8. The number of esters is 1. The smallest absolute Gasteiger partial charge is 0.456 e. The summed E-state index contributed by atoms with van der Waals surface area (Å²) in [7, 11) is 1.47. The lowest BCUT2D eigenvalue weighted by Crippen LogP contribution is -2.47. The molecule has 0 aromatic carbocycles. The Morgan fingerprint density at radius 2 is 0.703 bits per heavy atom. The average molecular weight is 1280 g/mol. The lowest BCUT2D eigenvalue weighted by atomic mass is 10.0. The van der Waals surface area contributed by atoms with Crippen LogP contribution in [0.5, 0.6) is 0 Å². The quantitative estimate of drug-likeness (QED) is 0.0205. The van der Waals surface area contributed by atoms with E-state index in [0.29, 0.717) is 17.4 Å². The fourth-order valence-corrected chi connectivity index (χ4v) is 10.9. The van der Waals surface area contributed by atoms with Crippen molar-refractivity contribution in [1.29, 1.82) is 0 Å². The third kappa shape index (κ3) is 70.1. The second-order valence-electron chi connectivity index (χ2n) is 25.7. The third-order valence-electron chi connectivity index (χ3n) is 15.8. The standard InChI is InChI=1S/C81H139N2O7P/c1-7-10-13-16-19-22-25-28-30-32-34-36-38-40-41-43-44-46-48-50-52-55-58-61-64-67-70-73-80(84)82-78(77-89-91(86,87)88-76-75-83(4,5)6)79(72-69-66-63-60-57-54-27-24-21-18-15-12-9-3)90-81(85)74-71-68-65-62-59-56-53-51-49-47-45-42-39-37-35-33-31-29-26-23-20-17-14-11-8-2/h10-11,13-14,19-20,22-23,28-31,34-37,40-42,44-46,69,72,78-79H,7-9,12,15-18,21,24-27,32-33,38-39,43,47-68,70-71,73-77H2,1-6H3,(H-,82,84,86,87)/p+1/b13-10-,14-11-,22-19-,23-20-,30-28-,31-29-,36-34-,37-35-,41-40-,45-42-,46-44-,72-69+. The summed E-state index contributed by atoms with van der Waals surface area (Å²) in [6, 6.07) is -0.868. The van der Waals surface area contributed by atoms with E-state index < -0.39 is 20.0 Å². The zero-order chi connectivity index (χ0) is 66.3. The molecule has 1 amide bonds. The molecule has 0 aliphatic carbocycles. The molecule has 0 rings (SSSR count). The van der Waals surface area contributed by atoms with E-state index in [2.05, 4.69) is 160 Å². The van der Waals surface area contributed by atoms with Crippen LogP contribution in [0.15, 0.2) is 146 Å². The van der Waals surface area contributed by atoms with E-state index in [9.17, 15) is 19.0 Å². The monoisotopic (exact) mass is 1280 g/mol. The van der Waals surface area contributed by atoms with Crippen molar-refractivity contribution in [2.75, 3.05) is 40.9 Å². The summed E-state index contributed by atoms with van der Waals surface area (Å²) in [6.45, 7) is 6.78. The van der Waals surface area contributed by atoms with Gasteiger partial charge in [-0.05, 0) is 128 Å². The summed E-state index contributed by atoms with van der Waals surface area (Å²) in [6.07, 6.45) is 100.0. The van der Waals surface area contributed by atoms with E-state index in [0.717, 1.165) is 154 Å². The van der Waals surface area contributed by atoms with E-state index in [1.54, 1.807) is 0 Å². The van der Waals surface area contributed by atoms with Gasteiger partial charge in [0.2, 0.25) is 5.91 Å². The Morgan fingerprint density at radius 1 is 0.396 bits per heavy atom. The van der Waals surface area contributed by atoms with Gasteiger partial charge in [-0.25, -0.2) is 4.57 Å². The van der Waals surface area contributed by atoms with Gasteiger partial charge in [-0.1, -0.05) is 308 Å². The highest BCUT2D eigenvalue weighted by Gasteiger charge is 2.30. The molecule has 10 heteroatoms. The van der Waals surface area contributed by atoms with Crippen molar-refractivity contribution < 1.29 is 37.3 Å². The fraction of sp³-hybridized carbons (Fsp3) is 0.679. The summed E-state index contributed by atoms with van der Waals surface area (Å²) in [4.78, 5) is 38.0. The molecule has 520 valence electrons. The number of nitrogens with zero attached hydrogens (tertiary/aromatic N) is 1. The van der Waals surface area contributed by atoms with Crippen LogP contribution in [0.4, 0.5) is 0 Å². The largest absolute Gasteiger partial charge is 0.472 e. The Morgan fingerprint density at radius 3 is 1.05 bits per heavy atom. The Labute approximate surface area is 561 Å². The first-order valence-corrected chi connectivity index (χ1v) is 38.7. The van der Waals surface area contributed by atoms with Gasteiger partial charge in [-0.2, -0.15) is 0 Å². The topological polar surface area (TPSA) is 111 Å². The molecular weight excluding hydrogens is 1140 g/mol. The van der Waals surface area contributed by atoms with Gasteiger partial charge in [0.25, 0.3) is 0 Å². The Bertz CT molecular complexity index is 2070. The number of nitrogens with one attached hydrogen (secondary N) is 1. The minimum atomic E-state index is -4.47. The Hall–Kier alpha value is -4.11. The maximum Gasteiger partial charge on any atom is 0.472 e. The first kappa shape index (κ1) is 86.9. The number of rotatable bonds is 66. The molecule has 3 atom stereocenters. The van der Waals surface area contributed by atoms with Gasteiger partial charge in [0.15, 0.2) is 0 Å². The summed E-state index contributed by atoms with van der Waals surface area (Å²) in [5, 5.41) is 3.07. The second kappa shape index (κ2) is 68.7. The molecule has 0 saturated carbocycles. The highest BCUT2D eigenvalue weighted by Crippen LogP contribution is 2.43. The van der Waals surface area contributed by atoms with Gasteiger partial charge in [-0.15, -0.1) is 0 Å². The number of unbranched alkanes of at least 4 members (excludes halogenated alkanes) is 28. The molecule has 0 aromatic rings. The van der Waals surface area contributed by atoms with E-state index in [1.165, 1.54) is 116 Å². The average Bonchev–Trinajstić information content (AvgIpc) is 3.45. The molecule has 2 N–H and O–H groups in total. The zero-order valence-electron chi connectivity index (χ0n) is 59.5. The molecule has 0 bridgehead atoms. The molecule has 3 unspecified atom stereocenters. The number of quaternary nitrogens is 1. The van der Waals surface area contributed by atoms with Crippen molar-refractivity contribution in [3.05, 3.63) is 146 Å². The number of phosphoric acid groups is 1. The minimum absolute atomic E-state index is 0.0301. The highest BCUT2D eigenvalue weighted by molar-refractivity contribution is 7.47. The summed E-state index contributed by atoms with van der Waals surface area (Å²) in [5.41, 5.74) is 0. The van der Waals surface area contributed by atoms with Crippen molar-refractivity contribution in [2.45, 2.75) is 315 Å². The summed E-state index contributed by atoms with van der Waals surface area (Å²) < 4.78 is 30.9. The van der Waals surface area contributed by atoms with Gasteiger partial charge in [0.05, 0.1) is 33.8 Å². The van der Waals surface area contributed by atoms with Crippen molar-refractivity contribution in [3.8, 4) is 0 Å². The van der Waals surface area contributed by atoms with Crippen LogP contribution in [0, 0.1) is 0 Å². The molecule has 0 saturated heterocycles. The SMILES string of the molecule is CC/C=C\C/C=C\C/C=C\C/C=C\C/C=C\C/C=C\CCCCCCCCCCC(=O)NC(COP(=O)(O)OCC[N+](C)(C)C)C(/C=C/CCCCCCCCCCCCC)OC(=O)CCCCCCCCCCC/C=C\C/C=C\C/C=C\C/C=C\C/C=C\CC. The number of phosphoric ester groups is 1. The summed E-state index contributed by atoms with van der Waals surface area (Å²) in [5.74, 6) is -0.525. The highest BCUT2D eigenvalue weighted by atomic mass is 31.2. The first-order valence-electron chi connectivity index (χ1n) is 37.2. The predicted octanol–water partition coefficient (Wildman–Crippen LogP) is 24.1.